The molecule has 7 nitrogen and oxygen atoms in total. The first kappa shape index (κ1) is 19.2. The van der Waals surface area contributed by atoms with E-state index in [2.05, 4.69) is 20.6 Å². The Morgan fingerprint density at radius 3 is 2.50 bits per heavy atom. The van der Waals surface area contributed by atoms with Crippen molar-refractivity contribution in [1.29, 1.82) is 0 Å². The van der Waals surface area contributed by atoms with Crippen LogP contribution in [0.5, 0.6) is 11.5 Å². The Bertz CT molecular complexity index is 1000. The maximum Gasteiger partial charge on any atom is 0.274 e. The van der Waals surface area contributed by atoms with Crippen molar-refractivity contribution in [3.05, 3.63) is 65.6 Å². The molecule has 3 rings (SSSR count). The minimum Gasteiger partial charge on any atom is -0.497 e. The van der Waals surface area contributed by atoms with E-state index >= 15 is 0 Å². The normalized spacial score (nSPS) is 10.3. The second-order valence-electron chi connectivity index (χ2n) is 6.20. The number of aryl methyl sites for hydroxylation is 2. The number of amides is 1. The predicted molar refractivity (Wildman–Crippen MR) is 109 cm³/mol. The number of methoxy groups -OCH3 is 2. The van der Waals surface area contributed by atoms with Gasteiger partial charge < -0.3 is 20.1 Å². The lowest BCUT2D eigenvalue weighted by Gasteiger charge is -2.13. The summed E-state index contributed by atoms with van der Waals surface area (Å²) >= 11 is 0. The molecule has 7 heteroatoms. The SMILES string of the molecule is COc1ccc(Nc2cc(C(=O)Nc3cccc(C)c3)nc(C)n2)c(OC)c1. The summed E-state index contributed by atoms with van der Waals surface area (Å²) in [7, 11) is 3.17. The molecule has 0 radical (unpaired) electrons. The minimum atomic E-state index is -0.305. The van der Waals surface area contributed by atoms with Crippen LogP contribution in [0.2, 0.25) is 0 Å². The van der Waals surface area contributed by atoms with Crippen LogP contribution in [-0.2, 0) is 0 Å². The molecular formula is C21H22N4O3. The molecule has 0 bridgehead atoms. The van der Waals surface area contributed by atoms with Crippen LogP contribution in [0.25, 0.3) is 0 Å². The van der Waals surface area contributed by atoms with Crippen molar-refractivity contribution in [2.45, 2.75) is 13.8 Å². The summed E-state index contributed by atoms with van der Waals surface area (Å²) in [5.74, 6) is 1.94. The molecule has 0 spiro atoms. The van der Waals surface area contributed by atoms with Gasteiger partial charge in [-0.15, -0.1) is 0 Å². The number of ether oxygens (including phenoxy) is 2. The van der Waals surface area contributed by atoms with Gasteiger partial charge in [-0.3, -0.25) is 4.79 Å². The van der Waals surface area contributed by atoms with Crippen LogP contribution in [-0.4, -0.2) is 30.1 Å². The number of benzene rings is 2. The first-order valence-electron chi connectivity index (χ1n) is 8.71. The number of nitrogens with one attached hydrogen (secondary N) is 2. The van der Waals surface area contributed by atoms with Gasteiger partial charge in [-0.2, -0.15) is 0 Å². The van der Waals surface area contributed by atoms with Crippen molar-refractivity contribution >= 4 is 23.1 Å². The Kier molecular flexibility index (Phi) is 5.74. The molecule has 0 unspecified atom stereocenters. The topological polar surface area (TPSA) is 85.4 Å². The summed E-state index contributed by atoms with van der Waals surface area (Å²) in [6.45, 7) is 3.70. The number of hydrogen-bond donors (Lipinski definition) is 2. The predicted octanol–water partition coefficient (Wildman–Crippen LogP) is 4.11. The van der Waals surface area contributed by atoms with Crippen LogP contribution in [0.15, 0.2) is 48.5 Å². The van der Waals surface area contributed by atoms with Gasteiger partial charge in [0.1, 0.15) is 28.8 Å². The van der Waals surface area contributed by atoms with E-state index in [-0.39, 0.29) is 11.6 Å². The Morgan fingerprint density at radius 1 is 0.964 bits per heavy atom. The molecule has 0 atom stereocenters. The number of aromatic nitrogens is 2. The second kappa shape index (κ2) is 8.39. The lowest BCUT2D eigenvalue weighted by molar-refractivity contribution is 0.102. The van der Waals surface area contributed by atoms with Gasteiger partial charge in [0, 0.05) is 17.8 Å². The molecule has 2 N–H and O–H groups in total. The molecule has 1 amide bonds. The fraction of sp³-hybridized carbons (Fsp3) is 0.190. The smallest absolute Gasteiger partial charge is 0.274 e. The van der Waals surface area contributed by atoms with Crippen molar-refractivity contribution < 1.29 is 14.3 Å². The van der Waals surface area contributed by atoms with Crippen LogP contribution in [0.3, 0.4) is 0 Å². The molecule has 0 aliphatic rings. The quantitative estimate of drug-likeness (QED) is 0.671. The van der Waals surface area contributed by atoms with Crippen molar-refractivity contribution in [3.63, 3.8) is 0 Å². The summed E-state index contributed by atoms with van der Waals surface area (Å²) in [6.07, 6.45) is 0. The highest BCUT2D eigenvalue weighted by Gasteiger charge is 2.13. The number of hydrogen-bond acceptors (Lipinski definition) is 6. The van der Waals surface area contributed by atoms with E-state index in [1.165, 1.54) is 0 Å². The maximum atomic E-state index is 12.6. The lowest BCUT2D eigenvalue weighted by Crippen LogP contribution is -2.15. The molecular weight excluding hydrogens is 356 g/mol. The molecule has 0 saturated heterocycles. The second-order valence-corrected chi connectivity index (χ2v) is 6.20. The third-order valence-corrected chi connectivity index (χ3v) is 4.02. The van der Waals surface area contributed by atoms with Gasteiger partial charge in [0.05, 0.1) is 19.9 Å². The fourth-order valence-electron chi connectivity index (χ4n) is 2.71. The van der Waals surface area contributed by atoms with Gasteiger partial charge >= 0.3 is 0 Å². The zero-order chi connectivity index (χ0) is 20.1. The molecule has 1 heterocycles. The van der Waals surface area contributed by atoms with Crippen LogP contribution >= 0.6 is 0 Å². The van der Waals surface area contributed by atoms with Crippen molar-refractivity contribution in [2.24, 2.45) is 0 Å². The maximum absolute atomic E-state index is 12.6. The van der Waals surface area contributed by atoms with Crippen LogP contribution in [0.4, 0.5) is 17.2 Å². The molecule has 144 valence electrons. The Hall–Kier alpha value is -3.61. The van der Waals surface area contributed by atoms with Crippen molar-refractivity contribution in [2.75, 3.05) is 24.9 Å². The third-order valence-electron chi connectivity index (χ3n) is 4.02. The van der Waals surface area contributed by atoms with E-state index in [4.69, 9.17) is 9.47 Å². The van der Waals surface area contributed by atoms with Crippen molar-refractivity contribution in [1.82, 2.24) is 9.97 Å². The molecule has 0 fully saturated rings. The van der Waals surface area contributed by atoms with E-state index in [0.29, 0.717) is 34.5 Å². The van der Waals surface area contributed by atoms with Crippen molar-refractivity contribution in [3.8, 4) is 11.5 Å². The Labute approximate surface area is 163 Å². The fourth-order valence-corrected chi connectivity index (χ4v) is 2.71. The molecule has 28 heavy (non-hydrogen) atoms. The van der Waals surface area contributed by atoms with Gasteiger partial charge in [-0.05, 0) is 43.7 Å². The van der Waals surface area contributed by atoms with Crippen LogP contribution < -0.4 is 20.1 Å². The van der Waals surface area contributed by atoms with Gasteiger partial charge in [-0.1, -0.05) is 12.1 Å². The highest BCUT2D eigenvalue weighted by atomic mass is 16.5. The summed E-state index contributed by atoms with van der Waals surface area (Å²) in [5.41, 5.74) is 2.74. The van der Waals surface area contributed by atoms with E-state index in [0.717, 1.165) is 5.56 Å². The first-order valence-corrected chi connectivity index (χ1v) is 8.71. The molecule has 3 aromatic rings. The van der Waals surface area contributed by atoms with Gasteiger partial charge in [-0.25, -0.2) is 9.97 Å². The monoisotopic (exact) mass is 378 g/mol. The minimum absolute atomic E-state index is 0.268. The average Bonchev–Trinajstić information content (AvgIpc) is 2.68. The highest BCUT2D eigenvalue weighted by molar-refractivity contribution is 6.03. The average molecular weight is 378 g/mol. The zero-order valence-corrected chi connectivity index (χ0v) is 16.2. The van der Waals surface area contributed by atoms with Gasteiger partial charge in [0.2, 0.25) is 0 Å². The largest absolute Gasteiger partial charge is 0.497 e. The van der Waals surface area contributed by atoms with Crippen LogP contribution in [0, 0.1) is 13.8 Å². The lowest BCUT2D eigenvalue weighted by atomic mass is 10.2. The van der Waals surface area contributed by atoms with E-state index in [1.807, 2.05) is 43.3 Å². The molecule has 0 aliphatic heterocycles. The molecule has 1 aromatic heterocycles. The van der Waals surface area contributed by atoms with Crippen LogP contribution in [0.1, 0.15) is 21.9 Å². The number of carbonyl (C=O) groups excluding carboxylic acids is 1. The Morgan fingerprint density at radius 2 is 1.79 bits per heavy atom. The van der Waals surface area contributed by atoms with E-state index in [1.54, 1.807) is 33.3 Å². The van der Waals surface area contributed by atoms with Gasteiger partial charge in [0.15, 0.2) is 0 Å². The highest BCUT2D eigenvalue weighted by Crippen LogP contribution is 2.31. The zero-order valence-electron chi connectivity index (χ0n) is 16.2. The number of rotatable bonds is 6. The summed E-state index contributed by atoms with van der Waals surface area (Å²) in [6, 6.07) is 14.6. The standard InChI is InChI=1S/C21H22N4O3/c1-13-6-5-7-15(10-13)24-21(26)18-12-20(23-14(2)22-18)25-17-9-8-16(27-3)11-19(17)28-4/h5-12H,1-4H3,(H,24,26)(H,22,23,25). The van der Waals surface area contributed by atoms with Gasteiger partial charge in [0.25, 0.3) is 5.91 Å². The number of carbonyl (C=O) groups is 1. The number of anilines is 3. The summed E-state index contributed by atoms with van der Waals surface area (Å²) < 4.78 is 10.6. The Balaban J connectivity index is 1.84. The third kappa shape index (κ3) is 4.56. The molecule has 2 aromatic carbocycles. The summed E-state index contributed by atoms with van der Waals surface area (Å²) in [4.78, 5) is 21.2. The van der Waals surface area contributed by atoms with E-state index < -0.39 is 0 Å². The first-order chi connectivity index (χ1) is 13.5. The number of nitrogens with zero attached hydrogens (tertiary/aromatic N) is 2. The summed E-state index contributed by atoms with van der Waals surface area (Å²) in [5, 5.41) is 6.03. The van der Waals surface area contributed by atoms with E-state index in [9.17, 15) is 4.79 Å². The molecule has 0 aliphatic carbocycles. The molecule has 0 saturated carbocycles.